The molecule has 4 rings (SSSR count). The van der Waals surface area contributed by atoms with E-state index in [0.717, 1.165) is 30.7 Å². The predicted octanol–water partition coefficient (Wildman–Crippen LogP) is 3.62. The minimum atomic E-state index is 0.0424. The molecule has 3 heterocycles. The Kier molecular flexibility index (Phi) is 6.84. The maximum atomic E-state index is 12.6. The average molecular weight is 416 g/mol. The highest BCUT2D eigenvalue weighted by Gasteiger charge is 2.47. The van der Waals surface area contributed by atoms with Crippen LogP contribution in [0.15, 0.2) is 18.2 Å². The van der Waals surface area contributed by atoms with Gasteiger partial charge in [-0.3, -0.25) is 9.69 Å². The summed E-state index contributed by atoms with van der Waals surface area (Å²) in [4.78, 5) is 18.0. The molecule has 0 aliphatic carbocycles. The second kappa shape index (κ2) is 9.56. The van der Waals surface area contributed by atoms with Crippen molar-refractivity contribution in [3.63, 3.8) is 0 Å². The molecule has 6 heteroatoms. The van der Waals surface area contributed by atoms with Crippen LogP contribution in [0.5, 0.6) is 11.5 Å². The van der Waals surface area contributed by atoms with E-state index in [1.807, 2.05) is 18.2 Å². The zero-order valence-electron chi connectivity index (χ0n) is 18.7. The van der Waals surface area contributed by atoms with Gasteiger partial charge in [0.2, 0.25) is 5.91 Å². The Morgan fingerprint density at radius 1 is 1.17 bits per heavy atom. The molecule has 1 aromatic carbocycles. The van der Waals surface area contributed by atoms with Crippen molar-refractivity contribution in [3.8, 4) is 11.5 Å². The lowest BCUT2D eigenvalue weighted by Gasteiger charge is -2.57. The van der Waals surface area contributed by atoms with Crippen molar-refractivity contribution in [1.82, 2.24) is 9.80 Å². The maximum Gasteiger partial charge on any atom is 0.224 e. The van der Waals surface area contributed by atoms with Crippen LogP contribution < -0.4 is 14.8 Å². The minimum absolute atomic E-state index is 0.0424. The first-order valence-corrected chi connectivity index (χ1v) is 11.6. The smallest absolute Gasteiger partial charge is 0.224 e. The topological polar surface area (TPSA) is 54.0 Å². The summed E-state index contributed by atoms with van der Waals surface area (Å²) in [7, 11) is 5.54. The monoisotopic (exact) mass is 415 g/mol. The third kappa shape index (κ3) is 4.45. The van der Waals surface area contributed by atoms with Gasteiger partial charge in [0.1, 0.15) is 11.5 Å². The van der Waals surface area contributed by atoms with Gasteiger partial charge in [0.25, 0.3) is 0 Å². The number of ether oxygens (including phenoxy) is 2. The van der Waals surface area contributed by atoms with Crippen LogP contribution in [-0.4, -0.2) is 68.7 Å². The van der Waals surface area contributed by atoms with Crippen molar-refractivity contribution >= 4 is 11.6 Å². The first-order chi connectivity index (χ1) is 14.6. The third-order valence-electron chi connectivity index (χ3n) is 7.51. The first-order valence-electron chi connectivity index (χ1n) is 11.6. The van der Waals surface area contributed by atoms with Crippen molar-refractivity contribution in [2.24, 2.45) is 11.8 Å². The lowest BCUT2D eigenvalue weighted by Crippen LogP contribution is -2.63. The second-order valence-electron chi connectivity index (χ2n) is 9.25. The van der Waals surface area contributed by atoms with Gasteiger partial charge in [-0.2, -0.15) is 0 Å². The summed E-state index contributed by atoms with van der Waals surface area (Å²) >= 11 is 0. The maximum absolute atomic E-state index is 12.6. The number of amides is 1. The number of rotatable bonds is 7. The fourth-order valence-corrected chi connectivity index (χ4v) is 6.24. The van der Waals surface area contributed by atoms with E-state index >= 15 is 0 Å². The largest absolute Gasteiger partial charge is 0.497 e. The van der Waals surface area contributed by atoms with Crippen LogP contribution in [-0.2, 0) is 4.79 Å². The molecule has 0 radical (unpaired) electrons. The van der Waals surface area contributed by atoms with Crippen molar-refractivity contribution in [2.75, 3.05) is 46.2 Å². The lowest BCUT2D eigenvalue weighted by atomic mass is 9.69. The molecule has 3 saturated heterocycles. The van der Waals surface area contributed by atoms with E-state index in [2.05, 4.69) is 22.2 Å². The number of hydrogen-bond donors (Lipinski definition) is 1. The summed E-state index contributed by atoms with van der Waals surface area (Å²) in [5.41, 5.74) is 0.671. The summed E-state index contributed by atoms with van der Waals surface area (Å²) in [6, 6.07) is 6.85. The zero-order valence-corrected chi connectivity index (χ0v) is 18.7. The van der Waals surface area contributed by atoms with Gasteiger partial charge in [0, 0.05) is 31.1 Å². The van der Waals surface area contributed by atoms with Crippen LogP contribution in [0.4, 0.5) is 5.69 Å². The Morgan fingerprint density at radius 2 is 1.97 bits per heavy atom. The Hall–Kier alpha value is -1.79. The molecular formula is C24H37N3O3. The number of benzene rings is 1. The van der Waals surface area contributed by atoms with Gasteiger partial charge in [-0.25, -0.2) is 0 Å². The molecule has 3 aliphatic rings. The molecular weight excluding hydrogens is 378 g/mol. The number of carbonyl (C=O) groups is 1. The van der Waals surface area contributed by atoms with Crippen LogP contribution in [0, 0.1) is 11.8 Å². The Morgan fingerprint density at radius 3 is 2.73 bits per heavy atom. The molecule has 166 valence electrons. The van der Waals surface area contributed by atoms with E-state index in [0.29, 0.717) is 29.6 Å². The Labute approximate surface area is 180 Å². The van der Waals surface area contributed by atoms with E-state index in [9.17, 15) is 4.79 Å². The van der Waals surface area contributed by atoms with Gasteiger partial charge in [0.15, 0.2) is 0 Å². The van der Waals surface area contributed by atoms with Crippen LogP contribution in [0.25, 0.3) is 0 Å². The van der Waals surface area contributed by atoms with E-state index < -0.39 is 0 Å². The number of piperidine rings is 3. The molecule has 0 saturated carbocycles. The third-order valence-corrected chi connectivity index (χ3v) is 7.51. The highest BCUT2D eigenvalue weighted by molar-refractivity contribution is 5.92. The summed E-state index contributed by atoms with van der Waals surface area (Å²) in [5.74, 6) is 3.01. The van der Waals surface area contributed by atoms with Gasteiger partial charge in [-0.15, -0.1) is 0 Å². The number of anilines is 1. The van der Waals surface area contributed by atoms with E-state index in [4.69, 9.17) is 9.47 Å². The van der Waals surface area contributed by atoms with Crippen molar-refractivity contribution in [2.45, 2.75) is 57.0 Å². The van der Waals surface area contributed by atoms with Crippen molar-refractivity contribution in [1.29, 1.82) is 0 Å². The van der Waals surface area contributed by atoms with Crippen molar-refractivity contribution in [3.05, 3.63) is 18.2 Å². The molecule has 3 fully saturated rings. The van der Waals surface area contributed by atoms with Crippen LogP contribution in [0.2, 0.25) is 0 Å². The molecule has 0 bridgehead atoms. The van der Waals surface area contributed by atoms with Gasteiger partial charge in [0.05, 0.1) is 19.9 Å². The van der Waals surface area contributed by atoms with Crippen LogP contribution >= 0.6 is 0 Å². The quantitative estimate of drug-likeness (QED) is 0.737. The average Bonchev–Trinajstić information content (AvgIpc) is 2.76. The minimum Gasteiger partial charge on any atom is -0.497 e. The standard InChI is InChI=1S/C24H37N3O3/c1-26-16-17-7-5-13-27-14-6-8-19(24(17)27)21(26)9-4-10-23(28)25-20-15-18(29-2)11-12-22(20)30-3/h11-12,15,17,19,21,24H,4-10,13-14,16H2,1-3H3,(H,25,28)/t17-,19+,21+,24-/m0/s1. The predicted molar refractivity (Wildman–Crippen MR) is 119 cm³/mol. The number of nitrogens with zero attached hydrogens (tertiary/aromatic N) is 2. The molecule has 4 atom stereocenters. The molecule has 1 N–H and O–H groups in total. The molecule has 0 unspecified atom stereocenters. The molecule has 1 aromatic rings. The molecule has 3 aliphatic heterocycles. The number of carbonyl (C=O) groups excluding carboxylic acids is 1. The van der Waals surface area contributed by atoms with E-state index in [1.54, 1.807) is 14.2 Å². The summed E-state index contributed by atoms with van der Waals surface area (Å²) in [6.45, 7) is 3.80. The Bertz CT molecular complexity index is 738. The normalized spacial score (nSPS) is 29.2. The van der Waals surface area contributed by atoms with Gasteiger partial charge >= 0.3 is 0 Å². The molecule has 1 amide bonds. The van der Waals surface area contributed by atoms with Crippen LogP contribution in [0.1, 0.15) is 44.9 Å². The van der Waals surface area contributed by atoms with Gasteiger partial charge in [-0.1, -0.05) is 0 Å². The summed E-state index contributed by atoms with van der Waals surface area (Å²) in [5, 5.41) is 3.01. The van der Waals surface area contributed by atoms with Gasteiger partial charge in [-0.05, 0) is 82.6 Å². The highest BCUT2D eigenvalue weighted by atomic mass is 16.5. The highest BCUT2D eigenvalue weighted by Crippen LogP contribution is 2.42. The number of nitrogens with one attached hydrogen (secondary N) is 1. The molecule has 0 spiro atoms. The zero-order chi connectivity index (χ0) is 21.1. The fourth-order valence-electron chi connectivity index (χ4n) is 6.24. The fraction of sp³-hybridized carbons (Fsp3) is 0.708. The van der Waals surface area contributed by atoms with E-state index in [1.165, 1.54) is 45.3 Å². The summed E-state index contributed by atoms with van der Waals surface area (Å²) in [6.07, 6.45) is 7.98. The second-order valence-corrected chi connectivity index (χ2v) is 9.25. The SMILES string of the molecule is COc1ccc(OC)c(NC(=O)CCC[C@@H]2[C@H]3CCCN4CCC[C@@H](CN2C)[C@@H]34)c1. The number of hydrogen-bond acceptors (Lipinski definition) is 5. The number of likely N-dealkylation sites (tertiary alicyclic amines) is 1. The van der Waals surface area contributed by atoms with Crippen molar-refractivity contribution < 1.29 is 14.3 Å². The lowest BCUT2D eigenvalue weighted by molar-refractivity contribution is -0.116. The molecule has 30 heavy (non-hydrogen) atoms. The van der Waals surface area contributed by atoms with Crippen LogP contribution in [0.3, 0.4) is 0 Å². The Balaban J connectivity index is 1.33. The first kappa shape index (κ1) is 21.4. The van der Waals surface area contributed by atoms with Gasteiger partial charge < -0.3 is 19.7 Å². The molecule has 0 aromatic heterocycles. The number of methoxy groups -OCH3 is 2. The summed E-state index contributed by atoms with van der Waals surface area (Å²) < 4.78 is 10.6. The van der Waals surface area contributed by atoms with E-state index in [-0.39, 0.29) is 5.91 Å². The molecule has 6 nitrogen and oxygen atoms in total.